The van der Waals surface area contributed by atoms with Crippen LogP contribution in [0.3, 0.4) is 0 Å². The molecule has 0 amide bonds. The zero-order chi connectivity index (χ0) is 14.4. The number of phenols is 1. The van der Waals surface area contributed by atoms with Gasteiger partial charge in [-0.15, -0.1) is 0 Å². The minimum atomic E-state index is -0.981. The highest BCUT2D eigenvalue weighted by atomic mass is 16.4. The van der Waals surface area contributed by atoms with Gasteiger partial charge in [-0.05, 0) is 46.6 Å². The van der Waals surface area contributed by atoms with Gasteiger partial charge in [0.1, 0.15) is 11.8 Å². The molecule has 1 rings (SSSR count). The molecule has 1 aromatic rings. The maximum absolute atomic E-state index is 11.3. The number of nitrogens with one attached hydrogen (secondary N) is 1. The van der Waals surface area contributed by atoms with Crippen molar-refractivity contribution in [1.29, 1.82) is 0 Å². The Labute approximate surface area is 113 Å². The topological polar surface area (TPSA) is 72.8 Å². The number of aliphatic carboxylic acids is 1. The van der Waals surface area contributed by atoms with Gasteiger partial charge in [-0.1, -0.05) is 17.7 Å². The monoisotopic (exact) mass is 266 g/mol. The average Bonchev–Trinajstić information content (AvgIpc) is 2.32. The zero-order valence-electron chi connectivity index (χ0n) is 11.7. The van der Waals surface area contributed by atoms with E-state index in [0.29, 0.717) is 12.1 Å². The van der Waals surface area contributed by atoms with Crippen molar-refractivity contribution in [3.63, 3.8) is 0 Å². The van der Waals surface area contributed by atoms with Crippen LogP contribution in [0.15, 0.2) is 18.2 Å². The summed E-state index contributed by atoms with van der Waals surface area (Å²) >= 11 is 0. The van der Waals surface area contributed by atoms with Crippen LogP contribution in [0.4, 0.5) is 0 Å². The first-order valence-corrected chi connectivity index (χ1v) is 6.32. The van der Waals surface area contributed by atoms with Crippen LogP contribution >= 0.6 is 0 Å². The summed E-state index contributed by atoms with van der Waals surface area (Å²) in [6, 6.07) is 4.11. The standard InChI is InChI=1S/C14H22N2O3/c1-10-5-6-12(17)11(9-10)13(14(18)19)15-7-4-8-16(2)3/h5-6,9,13,15,17H,4,7-8H2,1-3H3,(H,18,19). The fraction of sp³-hybridized carbons (Fsp3) is 0.500. The van der Waals surface area contributed by atoms with E-state index in [4.69, 9.17) is 0 Å². The predicted molar refractivity (Wildman–Crippen MR) is 74.4 cm³/mol. The number of carbonyl (C=O) groups is 1. The van der Waals surface area contributed by atoms with E-state index in [1.54, 1.807) is 12.1 Å². The van der Waals surface area contributed by atoms with Gasteiger partial charge in [0, 0.05) is 5.56 Å². The van der Waals surface area contributed by atoms with E-state index in [-0.39, 0.29) is 5.75 Å². The van der Waals surface area contributed by atoms with Gasteiger partial charge in [-0.2, -0.15) is 0 Å². The molecular weight excluding hydrogens is 244 g/mol. The van der Waals surface area contributed by atoms with E-state index in [0.717, 1.165) is 18.5 Å². The summed E-state index contributed by atoms with van der Waals surface area (Å²) in [7, 11) is 3.95. The van der Waals surface area contributed by atoms with Crippen LogP contribution in [0.5, 0.6) is 5.75 Å². The molecule has 0 radical (unpaired) electrons. The molecule has 0 heterocycles. The Bertz CT molecular complexity index is 433. The van der Waals surface area contributed by atoms with Crippen LogP contribution < -0.4 is 5.32 Å². The number of carboxylic acids is 1. The molecule has 0 aliphatic rings. The molecule has 0 bridgehead atoms. The van der Waals surface area contributed by atoms with Crippen molar-refractivity contribution >= 4 is 5.97 Å². The first-order chi connectivity index (χ1) is 8.91. The number of nitrogens with zero attached hydrogens (tertiary/aromatic N) is 1. The van der Waals surface area contributed by atoms with Crippen molar-refractivity contribution in [3.8, 4) is 5.75 Å². The molecule has 1 aromatic carbocycles. The summed E-state index contributed by atoms with van der Waals surface area (Å²) < 4.78 is 0. The van der Waals surface area contributed by atoms with E-state index >= 15 is 0 Å². The molecule has 0 aliphatic carbocycles. The summed E-state index contributed by atoms with van der Waals surface area (Å²) in [6.07, 6.45) is 0.851. The number of aryl methyl sites for hydroxylation is 1. The summed E-state index contributed by atoms with van der Waals surface area (Å²) in [5, 5.41) is 22.0. The Morgan fingerprint density at radius 1 is 1.42 bits per heavy atom. The van der Waals surface area contributed by atoms with Gasteiger partial charge in [0.25, 0.3) is 0 Å². The lowest BCUT2D eigenvalue weighted by molar-refractivity contribution is -0.139. The van der Waals surface area contributed by atoms with E-state index in [2.05, 4.69) is 5.32 Å². The van der Waals surface area contributed by atoms with Gasteiger partial charge in [0.05, 0.1) is 0 Å². The van der Waals surface area contributed by atoms with Crippen LogP contribution in [0.1, 0.15) is 23.6 Å². The van der Waals surface area contributed by atoms with Crippen LogP contribution in [0.2, 0.25) is 0 Å². The fourth-order valence-electron chi connectivity index (χ4n) is 1.88. The molecule has 5 heteroatoms. The van der Waals surface area contributed by atoms with Crippen LogP contribution in [-0.2, 0) is 4.79 Å². The van der Waals surface area contributed by atoms with Gasteiger partial charge >= 0.3 is 5.97 Å². The predicted octanol–water partition coefficient (Wildman–Crippen LogP) is 1.37. The van der Waals surface area contributed by atoms with Crippen molar-refractivity contribution in [2.75, 3.05) is 27.2 Å². The first-order valence-electron chi connectivity index (χ1n) is 6.32. The largest absolute Gasteiger partial charge is 0.508 e. The van der Waals surface area contributed by atoms with Crippen LogP contribution in [0.25, 0.3) is 0 Å². The Hall–Kier alpha value is -1.59. The summed E-state index contributed by atoms with van der Waals surface area (Å²) in [5.74, 6) is -0.969. The highest BCUT2D eigenvalue weighted by Crippen LogP contribution is 2.25. The van der Waals surface area contributed by atoms with E-state index in [1.807, 2.05) is 25.9 Å². The van der Waals surface area contributed by atoms with Gasteiger partial charge in [0.2, 0.25) is 0 Å². The number of phenolic OH excluding ortho intramolecular Hbond substituents is 1. The highest BCUT2D eigenvalue weighted by molar-refractivity contribution is 5.76. The average molecular weight is 266 g/mol. The van der Waals surface area contributed by atoms with Gasteiger partial charge in [-0.25, -0.2) is 0 Å². The highest BCUT2D eigenvalue weighted by Gasteiger charge is 2.22. The summed E-state index contributed by atoms with van der Waals surface area (Å²) in [5.41, 5.74) is 1.34. The van der Waals surface area contributed by atoms with Crippen molar-refractivity contribution in [3.05, 3.63) is 29.3 Å². The normalized spacial score (nSPS) is 12.6. The number of aromatic hydroxyl groups is 1. The second-order valence-corrected chi connectivity index (χ2v) is 4.94. The van der Waals surface area contributed by atoms with Gasteiger partial charge in [-0.3, -0.25) is 4.79 Å². The smallest absolute Gasteiger partial charge is 0.325 e. The van der Waals surface area contributed by atoms with E-state index < -0.39 is 12.0 Å². The van der Waals surface area contributed by atoms with Crippen molar-refractivity contribution in [2.24, 2.45) is 0 Å². The fourth-order valence-corrected chi connectivity index (χ4v) is 1.88. The summed E-state index contributed by atoms with van der Waals surface area (Å²) in [4.78, 5) is 13.4. The first kappa shape index (κ1) is 15.5. The number of hydrogen-bond donors (Lipinski definition) is 3. The maximum Gasteiger partial charge on any atom is 0.325 e. The molecule has 0 saturated carbocycles. The molecule has 106 valence electrons. The molecule has 3 N–H and O–H groups in total. The van der Waals surface area contributed by atoms with Crippen LogP contribution in [0, 0.1) is 6.92 Å². The van der Waals surface area contributed by atoms with Crippen LogP contribution in [-0.4, -0.2) is 48.3 Å². The summed E-state index contributed by atoms with van der Waals surface area (Å²) in [6.45, 7) is 3.34. The lowest BCUT2D eigenvalue weighted by atomic mass is 10.0. The lowest BCUT2D eigenvalue weighted by Crippen LogP contribution is -2.30. The maximum atomic E-state index is 11.3. The third-order valence-corrected chi connectivity index (χ3v) is 2.87. The molecule has 5 nitrogen and oxygen atoms in total. The van der Waals surface area contributed by atoms with Gasteiger partial charge < -0.3 is 20.4 Å². The second kappa shape index (κ2) is 7.11. The SMILES string of the molecule is Cc1ccc(O)c(C(NCCCN(C)C)C(=O)O)c1. The zero-order valence-corrected chi connectivity index (χ0v) is 11.7. The minimum Gasteiger partial charge on any atom is -0.508 e. The third kappa shape index (κ3) is 4.89. The van der Waals surface area contributed by atoms with Crippen molar-refractivity contribution in [2.45, 2.75) is 19.4 Å². The Morgan fingerprint density at radius 3 is 2.68 bits per heavy atom. The third-order valence-electron chi connectivity index (χ3n) is 2.87. The molecular formula is C14H22N2O3. The second-order valence-electron chi connectivity index (χ2n) is 4.94. The number of rotatable bonds is 7. The number of hydrogen-bond acceptors (Lipinski definition) is 4. The van der Waals surface area contributed by atoms with Crippen molar-refractivity contribution < 1.29 is 15.0 Å². The number of carboxylic acid groups (broad SMARTS) is 1. The number of benzene rings is 1. The molecule has 0 saturated heterocycles. The van der Waals surface area contributed by atoms with E-state index in [9.17, 15) is 15.0 Å². The lowest BCUT2D eigenvalue weighted by Gasteiger charge is -2.17. The molecule has 0 aliphatic heterocycles. The quantitative estimate of drug-likeness (QED) is 0.650. The minimum absolute atomic E-state index is 0.0121. The molecule has 0 aromatic heterocycles. The Morgan fingerprint density at radius 2 is 2.11 bits per heavy atom. The van der Waals surface area contributed by atoms with E-state index in [1.165, 1.54) is 6.07 Å². The van der Waals surface area contributed by atoms with Crippen molar-refractivity contribution in [1.82, 2.24) is 10.2 Å². The molecule has 19 heavy (non-hydrogen) atoms. The molecule has 1 atom stereocenters. The molecule has 1 unspecified atom stereocenters. The molecule has 0 spiro atoms. The van der Waals surface area contributed by atoms with Gasteiger partial charge in [0.15, 0.2) is 0 Å². The Kier molecular flexibility index (Phi) is 5.79. The molecule has 0 fully saturated rings. The Balaban J connectivity index is 2.72.